The Morgan fingerprint density at radius 1 is 0.846 bits per heavy atom. The van der Waals surface area contributed by atoms with Crippen LogP contribution in [0.2, 0.25) is 0 Å². The van der Waals surface area contributed by atoms with E-state index in [0.29, 0.717) is 6.54 Å². The van der Waals surface area contributed by atoms with Crippen molar-refractivity contribution in [3.63, 3.8) is 0 Å². The molecular formula is C21H25N5. The van der Waals surface area contributed by atoms with Crippen LogP contribution >= 0.6 is 0 Å². The lowest BCUT2D eigenvalue weighted by atomic mass is 10.2. The number of nitrogens with zero attached hydrogens (tertiary/aromatic N) is 3. The molecule has 1 aromatic carbocycles. The Bertz CT molecular complexity index is 790. The molecule has 0 spiro atoms. The monoisotopic (exact) mass is 347 g/mol. The van der Waals surface area contributed by atoms with E-state index in [2.05, 4.69) is 32.5 Å². The lowest BCUT2D eigenvalue weighted by Crippen LogP contribution is -2.08. The number of benzene rings is 1. The van der Waals surface area contributed by atoms with Crippen LogP contribution < -0.4 is 10.6 Å². The second-order valence-electron chi connectivity index (χ2n) is 6.17. The van der Waals surface area contributed by atoms with E-state index in [0.717, 1.165) is 41.6 Å². The van der Waals surface area contributed by atoms with Crippen molar-refractivity contribution in [1.82, 2.24) is 15.0 Å². The molecule has 2 heterocycles. The summed E-state index contributed by atoms with van der Waals surface area (Å²) in [7, 11) is 0. The van der Waals surface area contributed by atoms with E-state index < -0.39 is 0 Å². The third-order valence-corrected chi connectivity index (χ3v) is 4.07. The van der Waals surface area contributed by atoms with Gasteiger partial charge in [0.25, 0.3) is 0 Å². The molecular weight excluding hydrogens is 322 g/mol. The quantitative estimate of drug-likeness (QED) is 0.547. The van der Waals surface area contributed by atoms with Gasteiger partial charge in [0.15, 0.2) is 5.82 Å². The molecule has 0 unspecified atom stereocenters. The maximum atomic E-state index is 4.69. The number of hydrogen-bond acceptors (Lipinski definition) is 5. The van der Waals surface area contributed by atoms with Gasteiger partial charge in [0.1, 0.15) is 11.6 Å². The summed E-state index contributed by atoms with van der Waals surface area (Å²) < 4.78 is 0. The Morgan fingerprint density at radius 3 is 2.31 bits per heavy atom. The Morgan fingerprint density at radius 2 is 1.58 bits per heavy atom. The van der Waals surface area contributed by atoms with Gasteiger partial charge in [-0.1, -0.05) is 50.1 Å². The minimum Gasteiger partial charge on any atom is -0.370 e. The number of anilines is 2. The molecule has 0 saturated carbocycles. The van der Waals surface area contributed by atoms with Crippen LogP contribution in [0, 0.1) is 0 Å². The maximum Gasteiger partial charge on any atom is 0.163 e. The Labute approximate surface area is 154 Å². The largest absolute Gasteiger partial charge is 0.370 e. The molecule has 0 aliphatic carbocycles. The molecule has 2 N–H and O–H groups in total. The Kier molecular flexibility index (Phi) is 6.53. The second-order valence-corrected chi connectivity index (χ2v) is 6.17. The molecule has 3 rings (SSSR count). The zero-order valence-electron chi connectivity index (χ0n) is 15.2. The minimum absolute atomic E-state index is 0.697. The third-order valence-electron chi connectivity index (χ3n) is 4.07. The van der Waals surface area contributed by atoms with Crippen LogP contribution in [0.15, 0.2) is 60.9 Å². The summed E-state index contributed by atoms with van der Waals surface area (Å²) in [6.45, 7) is 3.82. The van der Waals surface area contributed by atoms with Crippen molar-refractivity contribution in [3.8, 4) is 11.4 Å². The highest BCUT2D eigenvalue weighted by molar-refractivity contribution is 5.61. The zero-order valence-corrected chi connectivity index (χ0v) is 15.2. The fourth-order valence-corrected chi connectivity index (χ4v) is 2.63. The second kappa shape index (κ2) is 9.51. The number of nitrogens with one attached hydrogen (secondary N) is 2. The maximum absolute atomic E-state index is 4.69. The van der Waals surface area contributed by atoms with Crippen LogP contribution in [-0.2, 0) is 6.54 Å². The van der Waals surface area contributed by atoms with Crippen LogP contribution in [0.3, 0.4) is 0 Å². The predicted molar refractivity (Wildman–Crippen MR) is 107 cm³/mol. The topological polar surface area (TPSA) is 62.7 Å². The summed E-state index contributed by atoms with van der Waals surface area (Å²) in [6, 6.07) is 16.0. The van der Waals surface area contributed by atoms with Crippen LogP contribution in [0.25, 0.3) is 11.4 Å². The van der Waals surface area contributed by atoms with Crippen molar-refractivity contribution in [3.05, 3.63) is 66.5 Å². The SMILES string of the molecule is CCCCCNc1cc(NCc2ccncc2)nc(-c2ccccc2)n1. The molecule has 2 aromatic heterocycles. The first-order valence-corrected chi connectivity index (χ1v) is 9.16. The molecule has 0 amide bonds. The molecule has 0 fully saturated rings. The third kappa shape index (κ3) is 5.28. The molecule has 26 heavy (non-hydrogen) atoms. The zero-order chi connectivity index (χ0) is 18.0. The van der Waals surface area contributed by atoms with Crippen LogP contribution in [0.4, 0.5) is 11.6 Å². The van der Waals surface area contributed by atoms with Crippen LogP contribution in [0.1, 0.15) is 31.7 Å². The lowest BCUT2D eigenvalue weighted by molar-refractivity contribution is 0.742. The highest BCUT2D eigenvalue weighted by Gasteiger charge is 2.07. The predicted octanol–water partition coefficient (Wildman–Crippen LogP) is 4.75. The van der Waals surface area contributed by atoms with Crippen LogP contribution in [-0.4, -0.2) is 21.5 Å². The summed E-state index contributed by atoms with van der Waals surface area (Å²) in [6.07, 6.45) is 7.16. The van der Waals surface area contributed by atoms with E-state index in [-0.39, 0.29) is 0 Å². The number of hydrogen-bond donors (Lipinski definition) is 2. The van der Waals surface area contributed by atoms with Gasteiger partial charge in [0.05, 0.1) is 0 Å². The summed E-state index contributed by atoms with van der Waals surface area (Å²) in [5, 5.41) is 6.82. The fraction of sp³-hybridized carbons (Fsp3) is 0.286. The number of pyridine rings is 1. The average Bonchev–Trinajstić information content (AvgIpc) is 2.71. The molecule has 134 valence electrons. The lowest BCUT2D eigenvalue weighted by Gasteiger charge is -2.12. The van der Waals surface area contributed by atoms with Gasteiger partial charge >= 0.3 is 0 Å². The van der Waals surface area contributed by atoms with E-state index in [1.165, 1.54) is 12.8 Å². The number of unbranched alkanes of at least 4 members (excludes halogenated alkanes) is 2. The first-order chi connectivity index (χ1) is 12.8. The average molecular weight is 347 g/mol. The van der Waals surface area contributed by atoms with Gasteiger partial charge in [-0.15, -0.1) is 0 Å². The Balaban J connectivity index is 1.77. The fourth-order valence-electron chi connectivity index (χ4n) is 2.63. The normalized spacial score (nSPS) is 10.5. The Hall–Kier alpha value is -2.95. The van der Waals surface area contributed by atoms with Gasteiger partial charge in [-0.3, -0.25) is 4.98 Å². The molecule has 0 bridgehead atoms. The van der Waals surface area contributed by atoms with E-state index in [4.69, 9.17) is 0 Å². The van der Waals surface area contributed by atoms with Crippen molar-refractivity contribution >= 4 is 11.6 Å². The summed E-state index contributed by atoms with van der Waals surface area (Å²) >= 11 is 0. The van der Waals surface area contributed by atoms with Crippen molar-refractivity contribution in [2.75, 3.05) is 17.2 Å². The van der Waals surface area contributed by atoms with E-state index >= 15 is 0 Å². The van der Waals surface area contributed by atoms with Gasteiger partial charge < -0.3 is 10.6 Å². The molecule has 3 aromatic rings. The van der Waals surface area contributed by atoms with Crippen molar-refractivity contribution < 1.29 is 0 Å². The molecule has 0 atom stereocenters. The first-order valence-electron chi connectivity index (χ1n) is 9.16. The van der Waals surface area contributed by atoms with Gasteiger partial charge in [0, 0.05) is 37.1 Å². The molecule has 5 heteroatoms. The van der Waals surface area contributed by atoms with Crippen molar-refractivity contribution in [2.45, 2.75) is 32.7 Å². The van der Waals surface area contributed by atoms with Gasteiger partial charge in [-0.05, 0) is 24.1 Å². The molecule has 0 radical (unpaired) electrons. The highest BCUT2D eigenvalue weighted by Crippen LogP contribution is 2.20. The van der Waals surface area contributed by atoms with Crippen molar-refractivity contribution in [2.24, 2.45) is 0 Å². The molecule has 5 nitrogen and oxygen atoms in total. The summed E-state index contributed by atoms with van der Waals surface area (Å²) in [4.78, 5) is 13.4. The molecule has 0 saturated heterocycles. The van der Waals surface area contributed by atoms with Gasteiger partial charge in [-0.2, -0.15) is 0 Å². The number of rotatable bonds is 9. The van der Waals surface area contributed by atoms with Gasteiger partial charge in [-0.25, -0.2) is 9.97 Å². The van der Waals surface area contributed by atoms with Crippen LogP contribution in [0.5, 0.6) is 0 Å². The first kappa shape index (κ1) is 17.9. The standard InChI is InChI=1S/C21H25N5/c1-2-3-7-12-23-19-15-20(24-16-17-10-13-22-14-11-17)26-21(25-19)18-8-5-4-6-9-18/h4-6,8-11,13-15H,2-3,7,12,16H2,1H3,(H2,23,24,25,26). The van der Waals surface area contributed by atoms with Crippen molar-refractivity contribution in [1.29, 1.82) is 0 Å². The number of aromatic nitrogens is 3. The smallest absolute Gasteiger partial charge is 0.163 e. The molecule has 0 aliphatic heterocycles. The van der Waals surface area contributed by atoms with E-state index in [9.17, 15) is 0 Å². The molecule has 0 aliphatic rings. The van der Waals surface area contributed by atoms with E-state index in [1.807, 2.05) is 48.5 Å². The van der Waals surface area contributed by atoms with E-state index in [1.54, 1.807) is 12.4 Å². The summed E-state index contributed by atoms with van der Waals surface area (Å²) in [5.41, 5.74) is 2.17. The van der Waals surface area contributed by atoms with Gasteiger partial charge in [0.2, 0.25) is 0 Å². The highest BCUT2D eigenvalue weighted by atomic mass is 15.1. The minimum atomic E-state index is 0.697. The summed E-state index contributed by atoms with van der Waals surface area (Å²) in [5.74, 6) is 2.39.